The van der Waals surface area contributed by atoms with E-state index in [0.717, 1.165) is 37.9 Å². The summed E-state index contributed by atoms with van der Waals surface area (Å²) in [6.45, 7) is 3.96. The van der Waals surface area contributed by atoms with Crippen LogP contribution in [0.1, 0.15) is 52.1 Å². The molecule has 0 radical (unpaired) electrons. The smallest absolute Gasteiger partial charge is 0.328 e. The standard InChI is InChI=1S/C52H48BrCl2N5O10S2/c1-30-51(71-52(58-30)57-18-19-67-28-41(53)31(2)61)72(64,65)60-26-39-24-47-46(69-29-48(70-47)37-13-15-40(16-14-37)68-27-34-8-17-42(54)43(55)20-34)23-38(39)22-45(60)49(62)59-44(50(63)66-3)21-32-4-9-35(10-5-32)36-11-6-33(25-56)7-12-36/h4-17,20,23-24,41,44-45,48H,18-19,21-22,26-29H2,1-3H3,(H,57,58)(H,59,62)/t41?,44-,45-,48?/m0/s1. The van der Waals surface area contributed by atoms with Crippen molar-refractivity contribution < 1.29 is 46.5 Å². The van der Waals surface area contributed by atoms with Gasteiger partial charge < -0.3 is 34.3 Å². The van der Waals surface area contributed by atoms with Gasteiger partial charge >= 0.3 is 5.97 Å². The molecule has 8 rings (SSSR count). The lowest BCUT2D eigenvalue weighted by Gasteiger charge is -2.36. The van der Waals surface area contributed by atoms with Crippen molar-refractivity contribution in [3.05, 3.63) is 152 Å². The molecule has 1 aromatic heterocycles. The number of hydrogen-bond acceptors (Lipinski definition) is 14. The molecular formula is C52H48BrCl2N5O10S2. The number of carbonyl (C=O) groups is 3. The van der Waals surface area contributed by atoms with E-state index in [2.05, 4.69) is 37.6 Å². The Hall–Kier alpha value is -6.04. The van der Waals surface area contributed by atoms with E-state index in [-0.39, 0.29) is 68.0 Å². The number of benzene rings is 5. The van der Waals surface area contributed by atoms with Gasteiger partial charge in [-0.1, -0.05) is 105 Å². The Bertz CT molecular complexity index is 3120. The molecule has 15 nitrogen and oxygen atoms in total. The van der Waals surface area contributed by atoms with Crippen molar-refractivity contribution >= 4 is 83.3 Å². The van der Waals surface area contributed by atoms with Crippen molar-refractivity contribution in [2.45, 2.75) is 67.1 Å². The van der Waals surface area contributed by atoms with E-state index in [0.29, 0.717) is 54.7 Å². The van der Waals surface area contributed by atoms with E-state index in [9.17, 15) is 28.1 Å². The van der Waals surface area contributed by atoms with Gasteiger partial charge in [0.2, 0.25) is 5.91 Å². The number of Topliss-reactive ketones (excluding diaryl/α,β-unsaturated/α-hetero) is 1. The number of amides is 1. The Labute approximate surface area is 439 Å². The zero-order chi connectivity index (χ0) is 51.1. The number of halogens is 3. The first-order valence-corrected chi connectivity index (χ1v) is 26.6. The minimum absolute atomic E-state index is 0.0498. The zero-order valence-electron chi connectivity index (χ0n) is 39.2. The highest BCUT2D eigenvalue weighted by molar-refractivity contribution is 9.10. The molecule has 6 aromatic rings. The number of rotatable bonds is 19. The molecular weight excluding hydrogens is 1070 g/mol. The third-order valence-electron chi connectivity index (χ3n) is 12.0. The summed E-state index contributed by atoms with van der Waals surface area (Å²) in [5, 5.41) is 16.4. The molecule has 72 heavy (non-hydrogen) atoms. The van der Waals surface area contributed by atoms with Gasteiger partial charge in [-0.3, -0.25) is 9.59 Å². The molecule has 3 heterocycles. The predicted octanol–water partition coefficient (Wildman–Crippen LogP) is 9.19. The SMILES string of the molecule is COC(=O)[C@H](Cc1ccc(-c2ccc(C#N)cc2)cc1)NC(=O)[C@@H]1Cc2cc3c(cc2CN1S(=O)(=O)c1sc(NCCOCC(Br)C(C)=O)nc1C)OC(c1ccc(OCc2ccc(Cl)c(Cl)c2)cc1)CO3. The van der Waals surface area contributed by atoms with Crippen molar-refractivity contribution in [1.82, 2.24) is 14.6 Å². The van der Waals surface area contributed by atoms with Crippen LogP contribution in [0.5, 0.6) is 17.2 Å². The third kappa shape index (κ3) is 12.4. The lowest BCUT2D eigenvalue weighted by molar-refractivity contribution is -0.145. The molecule has 0 saturated carbocycles. The quantitative estimate of drug-likeness (QED) is 0.0443. The Morgan fingerprint density at radius 1 is 0.944 bits per heavy atom. The maximum atomic E-state index is 15.0. The summed E-state index contributed by atoms with van der Waals surface area (Å²) in [4.78, 5) is 43.6. The van der Waals surface area contributed by atoms with Crippen molar-refractivity contribution in [2.24, 2.45) is 0 Å². The van der Waals surface area contributed by atoms with Gasteiger partial charge in [-0.15, -0.1) is 0 Å². The summed E-state index contributed by atoms with van der Waals surface area (Å²) < 4.78 is 60.5. The number of anilines is 1. The normalized spacial score (nSPS) is 16.1. The second-order valence-corrected chi connectivity index (χ2v) is 22.0. The third-order valence-corrected chi connectivity index (χ3v) is 17.2. The Morgan fingerprint density at radius 3 is 2.32 bits per heavy atom. The average Bonchev–Trinajstić information content (AvgIpc) is 3.78. The first kappa shape index (κ1) is 52.3. The van der Waals surface area contributed by atoms with Crippen LogP contribution in [0.25, 0.3) is 11.1 Å². The first-order chi connectivity index (χ1) is 34.6. The molecule has 0 bridgehead atoms. The number of sulfonamides is 1. The molecule has 5 aromatic carbocycles. The number of aryl methyl sites for hydroxylation is 1. The van der Waals surface area contributed by atoms with E-state index < -0.39 is 44.9 Å². The highest BCUT2D eigenvalue weighted by Gasteiger charge is 2.43. The molecule has 2 unspecified atom stereocenters. The molecule has 4 atom stereocenters. The maximum Gasteiger partial charge on any atom is 0.328 e. The zero-order valence-corrected chi connectivity index (χ0v) is 43.9. The maximum absolute atomic E-state index is 15.0. The van der Waals surface area contributed by atoms with Gasteiger partial charge in [0, 0.05) is 19.5 Å². The molecule has 2 aliphatic rings. The number of nitriles is 1. The number of ketones is 1. The minimum Gasteiger partial charge on any atom is -0.489 e. The number of hydrogen-bond donors (Lipinski definition) is 2. The van der Waals surface area contributed by atoms with E-state index in [1.807, 2.05) is 66.7 Å². The molecule has 0 aliphatic carbocycles. The lowest BCUT2D eigenvalue weighted by atomic mass is 9.93. The fourth-order valence-electron chi connectivity index (χ4n) is 8.09. The monoisotopic (exact) mass is 1120 g/mol. The van der Waals surface area contributed by atoms with Gasteiger partial charge in [0.15, 0.2) is 26.9 Å². The van der Waals surface area contributed by atoms with Crippen LogP contribution in [0.3, 0.4) is 0 Å². The Kier molecular flexibility index (Phi) is 16.9. The van der Waals surface area contributed by atoms with Crippen molar-refractivity contribution in [1.29, 1.82) is 5.26 Å². The molecule has 0 saturated heterocycles. The molecule has 1 amide bonds. The molecule has 374 valence electrons. The lowest BCUT2D eigenvalue weighted by Crippen LogP contribution is -2.56. The van der Waals surface area contributed by atoms with Crippen LogP contribution in [-0.2, 0) is 59.9 Å². The molecule has 0 spiro atoms. The molecule has 0 fully saturated rings. The second kappa shape index (κ2) is 23.2. The van der Waals surface area contributed by atoms with Crippen molar-refractivity contribution in [3.63, 3.8) is 0 Å². The number of aromatic nitrogens is 1. The number of alkyl halides is 1. The van der Waals surface area contributed by atoms with E-state index in [4.69, 9.17) is 46.9 Å². The second-order valence-electron chi connectivity index (χ2n) is 17.0. The van der Waals surface area contributed by atoms with Gasteiger partial charge in [0.25, 0.3) is 10.0 Å². The largest absolute Gasteiger partial charge is 0.489 e. The van der Waals surface area contributed by atoms with Gasteiger partial charge in [-0.05, 0) is 108 Å². The topological polar surface area (TPSA) is 195 Å². The number of esters is 1. The van der Waals surface area contributed by atoms with Crippen LogP contribution in [0.15, 0.2) is 107 Å². The van der Waals surface area contributed by atoms with Crippen LogP contribution >= 0.6 is 50.5 Å². The number of nitrogens with zero attached hydrogens (tertiary/aromatic N) is 3. The van der Waals surface area contributed by atoms with Crippen LogP contribution in [0, 0.1) is 18.3 Å². The minimum atomic E-state index is -4.44. The van der Waals surface area contributed by atoms with Gasteiger partial charge in [0.1, 0.15) is 36.8 Å². The van der Waals surface area contributed by atoms with Crippen LogP contribution in [0.2, 0.25) is 10.0 Å². The van der Waals surface area contributed by atoms with Gasteiger partial charge in [0.05, 0.1) is 52.5 Å². The van der Waals surface area contributed by atoms with E-state index in [1.165, 1.54) is 14.0 Å². The van der Waals surface area contributed by atoms with Gasteiger partial charge in [-0.25, -0.2) is 18.2 Å². The highest BCUT2D eigenvalue weighted by atomic mass is 79.9. The fraction of sp³-hybridized carbons (Fsp3) is 0.288. The molecule has 2 N–H and O–H groups in total. The summed E-state index contributed by atoms with van der Waals surface area (Å²) in [6, 6.07) is 30.5. The number of nitrogens with one attached hydrogen (secondary N) is 2. The molecule has 20 heteroatoms. The van der Waals surface area contributed by atoms with Crippen molar-refractivity contribution in [2.75, 3.05) is 38.8 Å². The van der Waals surface area contributed by atoms with Crippen LogP contribution < -0.4 is 24.8 Å². The number of ether oxygens (including phenoxy) is 5. The van der Waals surface area contributed by atoms with Crippen LogP contribution in [0.4, 0.5) is 5.13 Å². The van der Waals surface area contributed by atoms with E-state index >= 15 is 0 Å². The highest BCUT2D eigenvalue weighted by Crippen LogP contribution is 2.43. The summed E-state index contributed by atoms with van der Waals surface area (Å²) >= 11 is 16.4. The summed E-state index contributed by atoms with van der Waals surface area (Å²) in [6.07, 6.45) is -0.518. The average molecular weight is 1120 g/mol. The van der Waals surface area contributed by atoms with E-state index in [1.54, 1.807) is 43.3 Å². The summed E-state index contributed by atoms with van der Waals surface area (Å²) in [7, 11) is -3.22. The number of methoxy groups -OCH3 is 1. The van der Waals surface area contributed by atoms with Gasteiger partial charge in [-0.2, -0.15) is 9.57 Å². The first-order valence-electron chi connectivity index (χ1n) is 22.6. The number of fused-ring (bicyclic) bond motifs is 2. The summed E-state index contributed by atoms with van der Waals surface area (Å²) in [5.41, 5.74) is 6.19. The fourth-order valence-corrected chi connectivity index (χ4v) is 11.7. The number of thiazole rings is 1. The summed E-state index contributed by atoms with van der Waals surface area (Å²) in [5.74, 6) is -0.0178. The number of carbonyl (C=O) groups excluding carboxylic acids is 3. The predicted molar refractivity (Wildman–Crippen MR) is 277 cm³/mol. The van der Waals surface area contributed by atoms with Crippen molar-refractivity contribution in [3.8, 4) is 34.4 Å². The molecule has 2 aliphatic heterocycles. The Balaban J connectivity index is 1.02. The van der Waals surface area contributed by atoms with Crippen LogP contribution in [-0.4, -0.2) is 85.8 Å². The Morgan fingerprint density at radius 2 is 1.64 bits per heavy atom.